The zero-order valence-corrected chi connectivity index (χ0v) is 18.4. The van der Waals surface area contributed by atoms with Crippen molar-refractivity contribution in [2.75, 3.05) is 0 Å². The van der Waals surface area contributed by atoms with E-state index in [2.05, 4.69) is 4.99 Å². The fourth-order valence-electron chi connectivity index (χ4n) is 4.68. The van der Waals surface area contributed by atoms with Gasteiger partial charge in [-0.3, -0.25) is 19.1 Å². The van der Waals surface area contributed by atoms with Crippen LogP contribution >= 0.6 is 0 Å². The molecule has 3 heterocycles. The number of carbonyl (C=O) groups excluding carboxylic acids is 1. The topological polar surface area (TPSA) is 67.6 Å². The summed E-state index contributed by atoms with van der Waals surface area (Å²) >= 11 is 0. The van der Waals surface area contributed by atoms with Crippen LogP contribution in [0.4, 0.5) is 5.69 Å². The van der Waals surface area contributed by atoms with E-state index in [4.69, 9.17) is 4.98 Å². The second-order valence-electron chi connectivity index (χ2n) is 9.18. The quantitative estimate of drug-likeness (QED) is 0.618. The van der Waals surface area contributed by atoms with E-state index in [0.29, 0.717) is 43.1 Å². The summed E-state index contributed by atoms with van der Waals surface area (Å²) < 4.78 is 1.72. The Morgan fingerprint density at radius 3 is 2.22 bits per heavy atom. The van der Waals surface area contributed by atoms with Crippen molar-refractivity contribution in [3.63, 3.8) is 0 Å². The van der Waals surface area contributed by atoms with E-state index < -0.39 is 5.41 Å². The van der Waals surface area contributed by atoms with Crippen LogP contribution in [0.15, 0.2) is 70.5 Å². The molecule has 32 heavy (non-hydrogen) atoms. The molecule has 3 aromatic rings. The number of amides is 1. The van der Waals surface area contributed by atoms with Gasteiger partial charge in [0.25, 0.3) is 5.56 Å². The third-order valence-electron chi connectivity index (χ3n) is 6.35. The molecule has 2 aromatic carbocycles. The number of aromatic nitrogens is 2. The summed E-state index contributed by atoms with van der Waals surface area (Å²) in [5, 5.41) is 0. The van der Waals surface area contributed by atoms with E-state index in [1.54, 1.807) is 10.8 Å². The van der Waals surface area contributed by atoms with Crippen LogP contribution < -0.4 is 5.56 Å². The Morgan fingerprint density at radius 1 is 0.938 bits per heavy atom. The first kappa shape index (κ1) is 20.4. The molecule has 162 valence electrons. The maximum Gasteiger partial charge on any atom is 0.280 e. The van der Waals surface area contributed by atoms with Gasteiger partial charge in [-0.2, -0.15) is 0 Å². The summed E-state index contributed by atoms with van der Waals surface area (Å²) in [6.45, 7) is 4.84. The smallest absolute Gasteiger partial charge is 0.280 e. The fraction of sp³-hybridized carbons (Fsp3) is 0.308. The average molecular weight is 427 g/mol. The maximum absolute atomic E-state index is 13.5. The molecule has 1 saturated heterocycles. The predicted molar refractivity (Wildman–Crippen MR) is 124 cm³/mol. The van der Waals surface area contributed by atoms with Gasteiger partial charge in [-0.1, -0.05) is 74.5 Å². The van der Waals surface area contributed by atoms with Gasteiger partial charge < -0.3 is 4.90 Å². The summed E-state index contributed by atoms with van der Waals surface area (Å²) in [6, 6.07) is 19.6. The molecule has 0 saturated carbocycles. The molecule has 1 aromatic heterocycles. The molecule has 6 nitrogen and oxygen atoms in total. The monoisotopic (exact) mass is 426 g/mol. The van der Waals surface area contributed by atoms with Gasteiger partial charge in [-0.25, -0.2) is 4.98 Å². The Labute approximate surface area is 187 Å². The van der Waals surface area contributed by atoms with Crippen molar-refractivity contribution >= 4 is 17.8 Å². The first-order valence-electron chi connectivity index (χ1n) is 11.0. The van der Waals surface area contributed by atoms with Gasteiger partial charge in [0.05, 0.1) is 18.3 Å². The molecule has 0 bridgehead atoms. The van der Waals surface area contributed by atoms with Crippen molar-refractivity contribution in [3.8, 4) is 0 Å². The number of benzene rings is 2. The molecule has 0 N–H and O–H groups in total. The van der Waals surface area contributed by atoms with Crippen LogP contribution in [0, 0.1) is 5.41 Å². The van der Waals surface area contributed by atoms with Gasteiger partial charge in [0.2, 0.25) is 5.91 Å². The average Bonchev–Trinajstić information content (AvgIpc) is 3.35. The SMILES string of the molecule is CC1(C)CC(c2nc3c(c(=O)n2Cc2ccccc2)N=CC3)N(Cc2ccccc2)C1=O. The minimum atomic E-state index is -0.524. The van der Waals surface area contributed by atoms with Crippen molar-refractivity contribution in [2.45, 2.75) is 45.8 Å². The van der Waals surface area contributed by atoms with Gasteiger partial charge in [0, 0.05) is 24.6 Å². The molecule has 0 spiro atoms. The van der Waals surface area contributed by atoms with Crippen molar-refractivity contribution in [1.82, 2.24) is 14.5 Å². The number of nitrogens with zero attached hydrogens (tertiary/aromatic N) is 4. The number of aliphatic imine (C=N–C) groups is 1. The predicted octanol–water partition coefficient (Wildman–Crippen LogP) is 4.05. The van der Waals surface area contributed by atoms with E-state index in [1.807, 2.05) is 79.4 Å². The van der Waals surface area contributed by atoms with E-state index in [1.165, 1.54) is 0 Å². The summed E-state index contributed by atoms with van der Waals surface area (Å²) in [7, 11) is 0. The molecule has 5 rings (SSSR count). The number of likely N-dealkylation sites (tertiary alicyclic amines) is 1. The number of carbonyl (C=O) groups is 1. The molecular weight excluding hydrogens is 400 g/mol. The van der Waals surface area contributed by atoms with Crippen LogP contribution in [-0.4, -0.2) is 26.6 Å². The molecule has 1 fully saturated rings. The minimum absolute atomic E-state index is 0.0867. The van der Waals surface area contributed by atoms with Crippen molar-refractivity contribution in [3.05, 3.63) is 93.7 Å². The highest BCUT2D eigenvalue weighted by molar-refractivity contribution is 5.84. The molecular formula is C26H26N4O2. The van der Waals surface area contributed by atoms with Gasteiger partial charge in [0.15, 0.2) is 0 Å². The zero-order chi connectivity index (χ0) is 22.3. The first-order chi connectivity index (χ1) is 15.4. The Bertz CT molecular complexity index is 1250. The lowest BCUT2D eigenvalue weighted by Gasteiger charge is -2.27. The molecule has 2 aliphatic heterocycles. The van der Waals surface area contributed by atoms with Crippen LogP contribution in [0.2, 0.25) is 0 Å². The van der Waals surface area contributed by atoms with Crippen molar-refractivity contribution in [1.29, 1.82) is 0 Å². The molecule has 0 aliphatic carbocycles. The second-order valence-corrected chi connectivity index (χ2v) is 9.18. The summed E-state index contributed by atoms with van der Waals surface area (Å²) in [5.74, 6) is 0.738. The van der Waals surface area contributed by atoms with E-state index in [0.717, 1.165) is 11.1 Å². The molecule has 2 aliphatic rings. The Hall–Kier alpha value is -3.54. The Kier molecular flexibility index (Phi) is 5.00. The Morgan fingerprint density at radius 2 is 1.56 bits per heavy atom. The Balaban J connectivity index is 1.62. The largest absolute Gasteiger partial charge is 0.328 e. The zero-order valence-electron chi connectivity index (χ0n) is 18.4. The van der Waals surface area contributed by atoms with Crippen LogP contribution in [-0.2, 0) is 24.3 Å². The summed E-state index contributed by atoms with van der Waals surface area (Å²) in [6.07, 6.45) is 2.90. The highest BCUT2D eigenvalue weighted by Crippen LogP contribution is 2.44. The highest BCUT2D eigenvalue weighted by Gasteiger charge is 2.47. The fourth-order valence-corrected chi connectivity index (χ4v) is 4.68. The minimum Gasteiger partial charge on any atom is -0.328 e. The molecule has 1 unspecified atom stereocenters. The summed E-state index contributed by atoms with van der Waals surface area (Å²) in [4.78, 5) is 38.0. The molecule has 1 amide bonds. The van der Waals surface area contributed by atoms with Gasteiger partial charge in [-0.05, 0) is 17.5 Å². The molecule has 6 heteroatoms. The third kappa shape index (κ3) is 3.55. The number of hydrogen-bond acceptors (Lipinski definition) is 4. The van der Waals surface area contributed by atoms with Gasteiger partial charge in [0.1, 0.15) is 11.5 Å². The number of fused-ring (bicyclic) bond motifs is 1. The number of hydrogen-bond donors (Lipinski definition) is 0. The highest BCUT2D eigenvalue weighted by atomic mass is 16.2. The van der Waals surface area contributed by atoms with Crippen LogP contribution in [0.1, 0.15) is 49.0 Å². The number of rotatable bonds is 5. The third-order valence-corrected chi connectivity index (χ3v) is 6.35. The maximum atomic E-state index is 13.5. The van der Waals surface area contributed by atoms with Crippen LogP contribution in [0.3, 0.4) is 0 Å². The van der Waals surface area contributed by atoms with Gasteiger partial charge in [-0.15, -0.1) is 0 Å². The lowest BCUT2D eigenvalue weighted by Crippen LogP contribution is -2.35. The lowest BCUT2D eigenvalue weighted by atomic mass is 9.89. The summed E-state index contributed by atoms with van der Waals surface area (Å²) in [5.41, 5.74) is 2.53. The normalized spacial score (nSPS) is 18.9. The van der Waals surface area contributed by atoms with E-state index >= 15 is 0 Å². The van der Waals surface area contributed by atoms with Crippen LogP contribution in [0.5, 0.6) is 0 Å². The van der Waals surface area contributed by atoms with Crippen molar-refractivity contribution < 1.29 is 4.79 Å². The van der Waals surface area contributed by atoms with E-state index in [-0.39, 0.29) is 17.5 Å². The second kappa shape index (κ2) is 7.86. The lowest BCUT2D eigenvalue weighted by molar-refractivity contribution is -0.136. The van der Waals surface area contributed by atoms with E-state index in [9.17, 15) is 9.59 Å². The first-order valence-corrected chi connectivity index (χ1v) is 11.0. The van der Waals surface area contributed by atoms with Crippen LogP contribution in [0.25, 0.3) is 0 Å². The van der Waals surface area contributed by atoms with Gasteiger partial charge >= 0.3 is 0 Å². The molecule has 1 atom stereocenters. The standard InChI is InChI=1S/C26H26N4O2/c1-26(2)15-21(29(25(26)32)16-18-9-5-3-6-10-18)23-28-20-13-14-27-22(20)24(31)30(23)17-19-11-7-4-8-12-19/h3-12,14,21H,13,15-17H2,1-2H3. The van der Waals surface area contributed by atoms with Crippen molar-refractivity contribution in [2.24, 2.45) is 10.4 Å². The molecule has 0 radical (unpaired) electrons.